The Morgan fingerprint density at radius 2 is 1.61 bits per heavy atom. The van der Waals surface area contributed by atoms with Crippen molar-refractivity contribution in [1.29, 1.82) is 0 Å². The van der Waals surface area contributed by atoms with Gasteiger partial charge in [-0.1, -0.05) is 49.1 Å². The van der Waals surface area contributed by atoms with Crippen molar-refractivity contribution in [3.63, 3.8) is 0 Å². The van der Waals surface area contributed by atoms with Crippen LogP contribution in [0.5, 0.6) is 0 Å². The summed E-state index contributed by atoms with van der Waals surface area (Å²) in [7, 11) is 0. The van der Waals surface area contributed by atoms with E-state index in [9.17, 15) is 4.79 Å². The summed E-state index contributed by atoms with van der Waals surface area (Å²) in [6, 6.07) is 19.1. The summed E-state index contributed by atoms with van der Waals surface area (Å²) in [5.74, 6) is 5.39. The molecule has 0 saturated heterocycles. The second-order valence-corrected chi connectivity index (χ2v) is 5.30. The highest BCUT2D eigenvalue weighted by Gasteiger charge is 2.03. The molecular formula is C21H16O2. The number of carbonyl (C=O) groups is 1. The number of rotatable bonds is 2. The van der Waals surface area contributed by atoms with Crippen LogP contribution in [0, 0.1) is 11.8 Å². The fourth-order valence-corrected chi connectivity index (χ4v) is 2.61. The fraction of sp³-hybridized carbons (Fsp3) is 0.0952. The van der Waals surface area contributed by atoms with E-state index in [0.29, 0.717) is 0 Å². The van der Waals surface area contributed by atoms with Gasteiger partial charge in [0.15, 0.2) is 0 Å². The molecule has 3 rings (SSSR count). The smallest absolute Gasteiger partial charge is 0.335 e. The monoisotopic (exact) mass is 300 g/mol. The van der Waals surface area contributed by atoms with Gasteiger partial charge in [0.05, 0.1) is 5.56 Å². The maximum absolute atomic E-state index is 10.9. The summed E-state index contributed by atoms with van der Waals surface area (Å²) in [4.78, 5) is 10.9. The van der Waals surface area contributed by atoms with Gasteiger partial charge in [0, 0.05) is 11.1 Å². The molecule has 0 aliphatic rings. The first-order chi connectivity index (χ1) is 11.2. The van der Waals surface area contributed by atoms with Crippen molar-refractivity contribution in [3.05, 3.63) is 82.9 Å². The first-order valence-electron chi connectivity index (χ1n) is 7.55. The molecule has 112 valence electrons. The van der Waals surface area contributed by atoms with Crippen molar-refractivity contribution in [2.45, 2.75) is 13.3 Å². The Morgan fingerprint density at radius 1 is 0.913 bits per heavy atom. The van der Waals surface area contributed by atoms with E-state index in [1.807, 2.05) is 12.1 Å². The molecule has 0 spiro atoms. The van der Waals surface area contributed by atoms with Crippen molar-refractivity contribution in [2.24, 2.45) is 0 Å². The Labute approximate surface area is 135 Å². The number of fused-ring (bicyclic) bond motifs is 1. The van der Waals surface area contributed by atoms with Gasteiger partial charge in [0.2, 0.25) is 0 Å². The second-order valence-electron chi connectivity index (χ2n) is 5.30. The molecule has 3 aromatic rings. The molecule has 0 atom stereocenters. The lowest BCUT2D eigenvalue weighted by Gasteiger charge is -2.06. The van der Waals surface area contributed by atoms with Crippen LogP contribution in [0.25, 0.3) is 10.8 Å². The van der Waals surface area contributed by atoms with Gasteiger partial charge in [0.25, 0.3) is 0 Å². The predicted octanol–water partition coefficient (Wildman–Crippen LogP) is 4.50. The van der Waals surface area contributed by atoms with Crippen LogP contribution in [-0.2, 0) is 6.42 Å². The molecule has 0 aliphatic heterocycles. The molecule has 3 aromatic carbocycles. The maximum Gasteiger partial charge on any atom is 0.335 e. The van der Waals surface area contributed by atoms with Crippen LogP contribution in [0.4, 0.5) is 0 Å². The molecule has 23 heavy (non-hydrogen) atoms. The van der Waals surface area contributed by atoms with Crippen LogP contribution in [0.15, 0.2) is 60.7 Å². The van der Waals surface area contributed by atoms with E-state index >= 15 is 0 Å². The molecule has 0 unspecified atom stereocenters. The van der Waals surface area contributed by atoms with Crippen LogP contribution in [0.1, 0.15) is 34.0 Å². The largest absolute Gasteiger partial charge is 0.478 e. The van der Waals surface area contributed by atoms with E-state index in [1.165, 1.54) is 10.9 Å². The Hall–Kier alpha value is -3.05. The molecule has 1 N–H and O–H groups in total. The van der Waals surface area contributed by atoms with Gasteiger partial charge in [-0.25, -0.2) is 4.79 Å². The highest BCUT2D eigenvalue weighted by molar-refractivity contribution is 5.91. The van der Waals surface area contributed by atoms with Crippen LogP contribution in [0.3, 0.4) is 0 Å². The van der Waals surface area contributed by atoms with E-state index < -0.39 is 5.97 Å². The summed E-state index contributed by atoms with van der Waals surface area (Å²) < 4.78 is 0. The summed E-state index contributed by atoms with van der Waals surface area (Å²) in [6.45, 7) is 2.15. The zero-order chi connectivity index (χ0) is 16.2. The number of carboxylic acid groups (broad SMARTS) is 1. The third-order valence-electron chi connectivity index (χ3n) is 3.87. The molecule has 0 amide bonds. The van der Waals surface area contributed by atoms with E-state index in [2.05, 4.69) is 43.0 Å². The second kappa shape index (κ2) is 6.37. The number of benzene rings is 3. The Morgan fingerprint density at radius 3 is 2.26 bits per heavy atom. The molecule has 0 radical (unpaired) electrons. The quantitative estimate of drug-likeness (QED) is 0.707. The third kappa shape index (κ3) is 3.09. The molecule has 0 saturated carbocycles. The molecule has 0 aromatic heterocycles. The zero-order valence-corrected chi connectivity index (χ0v) is 12.8. The average Bonchev–Trinajstić information content (AvgIpc) is 2.60. The predicted molar refractivity (Wildman–Crippen MR) is 92.7 cm³/mol. The first kappa shape index (κ1) is 14.9. The number of hydrogen-bond acceptors (Lipinski definition) is 1. The summed E-state index contributed by atoms with van der Waals surface area (Å²) in [5.41, 5.74) is 3.38. The van der Waals surface area contributed by atoms with Gasteiger partial charge in [-0.3, -0.25) is 0 Å². The summed E-state index contributed by atoms with van der Waals surface area (Å²) in [6.07, 6.45) is 0.991. The molecule has 0 aliphatic carbocycles. The van der Waals surface area contributed by atoms with Crippen LogP contribution < -0.4 is 0 Å². The molecular weight excluding hydrogens is 284 g/mol. The first-order valence-corrected chi connectivity index (χ1v) is 7.55. The minimum atomic E-state index is -0.925. The van der Waals surface area contributed by atoms with Gasteiger partial charge in [-0.05, 0) is 53.1 Å². The lowest BCUT2D eigenvalue weighted by molar-refractivity contribution is 0.0697. The lowest BCUT2D eigenvalue weighted by Crippen LogP contribution is -1.94. The molecule has 2 nitrogen and oxygen atoms in total. The minimum absolute atomic E-state index is 0.272. The molecule has 0 bridgehead atoms. The number of hydrogen-bond donors (Lipinski definition) is 1. The van der Waals surface area contributed by atoms with Crippen molar-refractivity contribution >= 4 is 16.7 Å². The lowest BCUT2D eigenvalue weighted by atomic mass is 9.98. The van der Waals surface area contributed by atoms with Crippen LogP contribution in [0.2, 0.25) is 0 Å². The van der Waals surface area contributed by atoms with Crippen molar-refractivity contribution in [3.8, 4) is 11.8 Å². The van der Waals surface area contributed by atoms with Gasteiger partial charge in [0.1, 0.15) is 0 Å². The van der Waals surface area contributed by atoms with Crippen molar-refractivity contribution in [2.75, 3.05) is 0 Å². The summed E-state index contributed by atoms with van der Waals surface area (Å²) in [5, 5.41) is 11.3. The minimum Gasteiger partial charge on any atom is -0.478 e. The van der Waals surface area contributed by atoms with Crippen LogP contribution >= 0.6 is 0 Å². The van der Waals surface area contributed by atoms with Gasteiger partial charge >= 0.3 is 5.97 Å². The zero-order valence-electron chi connectivity index (χ0n) is 12.8. The standard InChI is InChI=1S/C21H16O2/c1-2-16-13-14-17(20-6-4-3-5-19(16)20)10-7-15-8-11-18(12-9-15)21(22)23/h3-6,8-9,11-14H,2H2,1H3,(H,22,23). The van der Waals surface area contributed by atoms with Gasteiger partial charge in [-0.2, -0.15) is 0 Å². The highest BCUT2D eigenvalue weighted by Crippen LogP contribution is 2.22. The van der Waals surface area contributed by atoms with E-state index in [1.54, 1.807) is 24.3 Å². The van der Waals surface area contributed by atoms with Gasteiger partial charge < -0.3 is 5.11 Å². The molecule has 2 heteroatoms. The number of aryl methyl sites for hydroxylation is 1. The maximum atomic E-state index is 10.9. The SMILES string of the molecule is CCc1ccc(C#Cc2ccc(C(=O)O)cc2)c2ccccc12. The molecule has 0 heterocycles. The normalized spacial score (nSPS) is 10.1. The van der Waals surface area contributed by atoms with E-state index in [0.717, 1.165) is 22.9 Å². The highest BCUT2D eigenvalue weighted by atomic mass is 16.4. The van der Waals surface area contributed by atoms with E-state index in [4.69, 9.17) is 5.11 Å². The fourth-order valence-electron chi connectivity index (χ4n) is 2.61. The summed E-state index contributed by atoms with van der Waals surface area (Å²) >= 11 is 0. The Bertz CT molecular complexity index is 925. The number of carboxylic acids is 1. The molecule has 0 fully saturated rings. The number of aromatic carboxylic acids is 1. The Kier molecular flexibility index (Phi) is 4.12. The topological polar surface area (TPSA) is 37.3 Å². The van der Waals surface area contributed by atoms with Crippen LogP contribution in [-0.4, -0.2) is 11.1 Å². The average molecular weight is 300 g/mol. The third-order valence-corrected chi connectivity index (χ3v) is 3.87. The van der Waals surface area contributed by atoms with Crippen molar-refractivity contribution < 1.29 is 9.90 Å². The van der Waals surface area contributed by atoms with Crippen molar-refractivity contribution in [1.82, 2.24) is 0 Å². The van der Waals surface area contributed by atoms with Gasteiger partial charge in [-0.15, -0.1) is 0 Å². The Balaban J connectivity index is 2.01. The van der Waals surface area contributed by atoms with E-state index in [-0.39, 0.29) is 5.56 Å².